The number of pyridine rings is 1. The number of aromatic carboxylic acids is 1. The molecule has 8 nitrogen and oxygen atoms in total. The number of hydrogen-bond acceptors (Lipinski definition) is 6. The van der Waals surface area contributed by atoms with Crippen molar-refractivity contribution >= 4 is 40.9 Å². The highest BCUT2D eigenvalue weighted by molar-refractivity contribution is 6.36. The molecule has 3 rings (SSSR count). The summed E-state index contributed by atoms with van der Waals surface area (Å²) in [5.41, 5.74) is -0.0917. The largest absolute Gasteiger partial charge is 0.476 e. The van der Waals surface area contributed by atoms with E-state index in [0.29, 0.717) is 42.0 Å². The van der Waals surface area contributed by atoms with E-state index in [4.69, 9.17) is 28.3 Å². The molecule has 2 aromatic heterocycles. The Kier molecular flexibility index (Phi) is 5.00. The molecule has 1 fully saturated rings. The van der Waals surface area contributed by atoms with Gasteiger partial charge >= 0.3 is 5.97 Å². The van der Waals surface area contributed by atoms with Crippen molar-refractivity contribution in [1.82, 2.24) is 19.9 Å². The molecule has 0 spiro atoms. The maximum atomic E-state index is 12.4. The number of carboxylic acids is 1. The molecule has 3 heterocycles. The summed E-state index contributed by atoms with van der Waals surface area (Å²) < 4.78 is 0. The van der Waals surface area contributed by atoms with Crippen molar-refractivity contribution in [2.75, 3.05) is 31.1 Å². The maximum absolute atomic E-state index is 12.4. The Morgan fingerprint density at radius 3 is 2.16 bits per heavy atom. The Morgan fingerprint density at radius 2 is 1.60 bits per heavy atom. The molecule has 0 aliphatic carbocycles. The highest BCUT2D eigenvalue weighted by atomic mass is 35.5. The van der Waals surface area contributed by atoms with Crippen LogP contribution in [0.3, 0.4) is 0 Å². The molecule has 0 radical (unpaired) electrons. The van der Waals surface area contributed by atoms with Crippen LogP contribution in [-0.2, 0) is 0 Å². The van der Waals surface area contributed by atoms with Gasteiger partial charge in [-0.25, -0.2) is 19.7 Å². The van der Waals surface area contributed by atoms with Crippen LogP contribution >= 0.6 is 23.2 Å². The van der Waals surface area contributed by atoms with Gasteiger partial charge in [0.2, 0.25) is 0 Å². The summed E-state index contributed by atoms with van der Waals surface area (Å²) >= 11 is 12.0. The number of piperazine rings is 1. The van der Waals surface area contributed by atoms with Crippen LogP contribution in [0.2, 0.25) is 10.0 Å². The first-order valence-corrected chi connectivity index (χ1v) is 8.12. The summed E-state index contributed by atoms with van der Waals surface area (Å²) in [6.07, 6.45) is 3.78. The predicted molar refractivity (Wildman–Crippen MR) is 91.4 cm³/mol. The number of carbonyl (C=O) groups excluding carboxylic acids is 1. The molecule has 0 saturated carbocycles. The standard InChI is InChI=1S/C15H13Cl2N5O3/c16-9-5-10(17)13(20-6-9)21-1-3-22(4-2-21)14(23)11-7-19-12(8-18-11)15(24)25/h5-8H,1-4H2,(H,24,25). The van der Waals surface area contributed by atoms with E-state index in [2.05, 4.69) is 15.0 Å². The lowest BCUT2D eigenvalue weighted by molar-refractivity contribution is 0.0684. The highest BCUT2D eigenvalue weighted by Gasteiger charge is 2.25. The Bertz CT molecular complexity index is 807. The van der Waals surface area contributed by atoms with Crippen molar-refractivity contribution in [2.45, 2.75) is 0 Å². The summed E-state index contributed by atoms with van der Waals surface area (Å²) in [4.78, 5) is 38.6. The fourth-order valence-electron chi connectivity index (χ4n) is 2.47. The van der Waals surface area contributed by atoms with Crippen LogP contribution in [0.15, 0.2) is 24.7 Å². The number of carbonyl (C=O) groups is 2. The summed E-state index contributed by atoms with van der Waals surface area (Å²) in [5.74, 6) is -0.851. The van der Waals surface area contributed by atoms with Crippen molar-refractivity contribution in [3.05, 3.63) is 46.1 Å². The molecule has 25 heavy (non-hydrogen) atoms. The van der Waals surface area contributed by atoms with Gasteiger partial charge in [0, 0.05) is 32.4 Å². The molecule has 0 atom stereocenters. The number of nitrogens with zero attached hydrogens (tertiary/aromatic N) is 5. The number of hydrogen-bond donors (Lipinski definition) is 1. The third kappa shape index (κ3) is 3.80. The van der Waals surface area contributed by atoms with Gasteiger partial charge in [-0.2, -0.15) is 0 Å². The summed E-state index contributed by atoms with van der Waals surface area (Å²) in [6.45, 7) is 2.03. The van der Waals surface area contributed by atoms with Gasteiger partial charge in [-0.1, -0.05) is 23.2 Å². The third-order valence-corrected chi connectivity index (χ3v) is 4.23. The zero-order valence-corrected chi connectivity index (χ0v) is 14.4. The van der Waals surface area contributed by atoms with Crippen molar-refractivity contribution in [2.24, 2.45) is 0 Å². The average molecular weight is 382 g/mol. The molecule has 0 unspecified atom stereocenters. The lowest BCUT2D eigenvalue weighted by Crippen LogP contribution is -2.49. The lowest BCUT2D eigenvalue weighted by Gasteiger charge is -2.35. The average Bonchev–Trinajstić information content (AvgIpc) is 2.61. The minimum absolute atomic E-state index is 0.112. The second kappa shape index (κ2) is 7.20. The fourth-order valence-corrected chi connectivity index (χ4v) is 2.97. The molecule has 1 N–H and O–H groups in total. The van der Waals surface area contributed by atoms with E-state index < -0.39 is 5.97 Å². The van der Waals surface area contributed by atoms with Crippen molar-refractivity contribution < 1.29 is 14.7 Å². The summed E-state index contributed by atoms with van der Waals surface area (Å²) in [5, 5.41) is 9.74. The van der Waals surface area contributed by atoms with E-state index in [9.17, 15) is 9.59 Å². The molecular weight excluding hydrogens is 369 g/mol. The predicted octanol–water partition coefficient (Wildman–Crippen LogP) is 1.84. The minimum Gasteiger partial charge on any atom is -0.476 e. The number of aromatic nitrogens is 3. The topological polar surface area (TPSA) is 99.5 Å². The molecule has 1 aliphatic rings. The Morgan fingerprint density at radius 1 is 0.960 bits per heavy atom. The molecule has 2 aromatic rings. The van der Waals surface area contributed by atoms with Gasteiger partial charge in [-0.05, 0) is 6.07 Å². The van der Waals surface area contributed by atoms with Crippen LogP contribution in [0, 0.1) is 0 Å². The zero-order valence-electron chi connectivity index (χ0n) is 12.9. The van der Waals surface area contributed by atoms with Crippen LogP contribution in [0.1, 0.15) is 21.0 Å². The molecule has 0 bridgehead atoms. The maximum Gasteiger partial charge on any atom is 0.356 e. The summed E-state index contributed by atoms with van der Waals surface area (Å²) in [7, 11) is 0. The van der Waals surface area contributed by atoms with Gasteiger partial charge in [0.15, 0.2) is 5.69 Å². The van der Waals surface area contributed by atoms with Crippen molar-refractivity contribution in [1.29, 1.82) is 0 Å². The third-order valence-electron chi connectivity index (χ3n) is 3.74. The smallest absolute Gasteiger partial charge is 0.356 e. The molecule has 130 valence electrons. The number of halogens is 2. The number of amides is 1. The van der Waals surface area contributed by atoms with Crippen molar-refractivity contribution in [3.63, 3.8) is 0 Å². The highest BCUT2D eigenvalue weighted by Crippen LogP contribution is 2.26. The van der Waals surface area contributed by atoms with E-state index in [-0.39, 0.29) is 17.3 Å². The van der Waals surface area contributed by atoms with Gasteiger partial charge in [0.25, 0.3) is 5.91 Å². The molecular formula is C15H13Cl2N5O3. The lowest BCUT2D eigenvalue weighted by atomic mass is 10.2. The van der Waals surface area contributed by atoms with E-state index in [1.54, 1.807) is 11.0 Å². The van der Waals surface area contributed by atoms with E-state index >= 15 is 0 Å². The Balaban J connectivity index is 1.65. The molecule has 1 saturated heterocycles. The number of rotatable bonds is 3. The van der Waals surface area contributed by atoms with Crippen LogP contribution < -0.4 is 4.90 Å². The second-order valence-corrected chi connectivity index (χ2v) is 6.17. The fraction of sp³-hybridized carbons (Fsp3) is 0.267. The van der Waals surface area contributed by atoms with E-state index in [0.717, 1.165) is 6.20 Å². The van der Waals surface area contributed by atoms with Gasteiger partial charge < -0.3 is 14.9 Å². The molecule has 10 heteroatoms. The van der Waals surface area contributed by atoms with Crippen LogP contribution in [0.5, 0.6) is 0 Å². The van der Waals surface area contributed by atoms with Gasteiger partial charge in [-0.3, -0.25) is 4.79 Å². The number of carboxylic acid groups (broad SMARTS) is 1. The van der Waals surface area contributed by atoms with E-state index in [1.807, 2.05) is 4.90 Å². The monoisotopic (exact) mass is 381 g/mol. The SMILES string of the molecule is O=C(O)c1cnc(C(=O)N2CCN(c3ncc(Cl)cc3Cl)CC2)cn1. The first-order chi connectivity index (χ1) is 12.0. The zero-order chi connectivity index (χ0) is 18.0. The first-order valence-electron chi connectivity index (χ1n) is 7.36. The summed E-state index contributed by atoms with van der Waals surface area (Å²) in [6, 6.07) is 1.63. The van der Waals surface area contributed by atoms with Gasteiger partial charge in [-0.15, -0.1) is 0 Å². The minimum atomic E-state index is -1.19. The van der Waals surface area contributed by atoms with Crippen LogP contribution in [-0.4, -0.2) is 63.0 Å². The van der Waals surface area contributed by atoms with Crippen molar-refractivity contribution in [3.8, 4) is 0 Å². The molecule has 1 amide bonds. The van der Waals surface area contributed by atoms with Gasteiger partial charge in [0.1, 0.15) is 11.5 Å². The van der Waals surface area contributed by atoms with Crippen LogP contribution in [0.4, 0.5) is 5.82 Å². The molecule has 0 aromatic carbocycles. The Labute approximate surface area is 153 Å². The number of anilines is 1. The van der Waals surface area contributed by atoms with Gasteiger partial charge in [0.05, 0.1) is 22.4 Å². The van der Waals surface area contributed by atoms with Crippen LogP contribution in [0.25, 0.3) is 0 Å². The second-order valence-electron chi connectivity index (χ2n) is 5.33. The van der Waals surface area contributed by atoms with E-state index in [1.165, 1.54) is 12.4 Å². The Hall–Kier alpha value is -2.45. The molecule has 1 aliphatic heterocycles. The quantitative estimate of drug-likeness (QED) is 0.865. The first kappa shape index (κ1) is 17.4. The normalized spacial score (nSPS) is 14.5.